The molecule has 0 bridgehead atoms. The summed E-state index contributed by atoms with van der Waals surface area (Å²) in [5.74, 6) is 1.78. The Bertz CT molecular complexity index is 1390. The first-order valence-electron chi connectivity index (χ1n) is 11.6. The average Bonchev–Trinajstić information content (AvgIpc) is 3.40. The van der Waals surface area contributed by atoms with Crippen molar-refractivity contribution in [1.82, 2.24) is 30.4 Å². The number of rotatable bonds is 7. The second-order valence-electron chi connectivity index (χ2n) is 8.42. The molecule has 5 rings (SSSR count). The highest BCUT2D eigenvalue weighted by atomic mass is 32.1. The number of pyridine rings is 1. The lowest BCUT2D eigenvalue weighted by Gasteiger charge is -2.28. The first-order chi connectivity index (χ1) is 18.0. The van der Waals surface area contributed by atoms with Crippen LogP contribution in [0.25, 0.3) is 21.6 Å². The molecule has 0 spiro atoms. The van der Waals surface area contributed by atoms with Gasteiger partial charge in [-0.2, -0.15) is 0 Å². The van der Waals surface area contributed by atoms with Gasteiger partial charge in [-0.1, -0.05) is 0 Å². The van der Waals surface area contributed by atoms with Crippen LogP contribution in [0.5, 0.6) is 5.88 Å². The van der Waals surface area contributed by atoms with Crippen LogP contribution in [0.1, 0.15) is 28.2 Å². The molecule has 12 nitrogen and oxygen atoms in total. The summed E-state index contributed by atoms with van der Waals surface area (Å²) >= 11 is 1.63. The van der Waals surface area contributed by atoms with Crippen molar-refractivity contribution >= 4 is 39.2 Å². The highest BCUT2D eigenvalue weighted by molar-refractivity contribution is 7.19. The zero-order chi connectivity index (χ0) is 25.9. The first-order valence-corrected chi connectivity index (χ1v) is 12.4. The summed E-state index contributed by atoms with van der Waals surface area (Å²) in [5.41, 5.74) is 3.40. The van der Waals surface area contributed by atoms with Crippen molar-refractivity contribution in [2.45, 2.75) is 13.0 Å². The lowest BCUT2D eigenvalue weighted by Crippen LogP contribution is -2.36. The van der Waals surface area contributed by atoms with Crippen LogP contribution in [0.15, 0.2) is 36.8 Å². The van der Waals surface area contributed by atoms with Crippen molar-refractivity contribution < 1.29 is 19.5 Å². The number of hydroxylamine groups is 1. The molecular weight excluding hydrogens is 496 g/mol. The van der Waals surface area contributed by atoms with Crippen molar-refractivity contribution in [3.8, 4) is 17.3 Å². The van der Waals surface area contributed by atoms with Gasteiger partial charge in [0.1, 0.15) is 0 Å². The quantitative estimate of drug-likeness (QED) is 0.274. The van der Waals surface area contributed by atoms with Gasteiger partial charge in [-0.25, -0.2) is 30.4 Å². The molecule has 1 aliphatic rings. The van der Waals surface area contributed by atoms with Gasteiger partial charge in [0.25, 0.3) is 5.91 Å². The second kappa shape index (κ2) is 10.6. The van der Waals surface area contributed by atoms with Crippen molar-refractivity contribution in [2.75, 3.05) is 50.3 Å². The van der Waals surface area contributed by atoms with Gasteiger partial charge in [-0.3, -0.25) is 10.0 Å². The van der Waals surface area contributed by atoms with Crippen LogP contribution in [0, 0.1) is 0 Å². The number of hydrogen-bond acceptors (Lipinski definition) is 12. The Hall–Kier alpha value is -3.94. The third-order valence-corrected chi connectivity index (χ3v) is 7.49. The van der Waals surface area contributed by atoms with Crippen LogP contribution >= 0.6 is 11.3 Å². The van der Waals surface area contributed by atoms with E-state index in [1.54, 1.807) is 36.2 Å². The molecule has 0 unspecified atom stereocenters. The topological polar surface area (TPSA) is 139 Å². The molecule has 1 fully saturated rings. The minimum atomic E-state index is -0.663. The fourth-order valence-electron chi connectivity index (χ4n) is 3.94. The molecule has 1 amide bonds. The van der Waals surface area contributed by atoms with Crippen LogP contribution < -0.4 is 20.0 Å². The Balaban J connectivity index is 1.51. The number of thiophene rings is 1. The molecule has 1 aliphatic heterocycles. The predicted octanol–water partition coefficient (Wildman–Crippen LogP) is 2.70. The van der Waals surface area contributed by atoms with E-state index in [9.17, 15) is 4.79 Å². The maximum Gasteiger partial charge on any atom is 0.277 e. The minimum absolute atomic E-state index is 0.0830. The van der Waals surface area contributed by atoms with Gasteiger partial charge in [0.15, 0.2) is 11.6 Å². The molecule has 37 heavy (non-hydrogen) atoms. The number of hydrogen-bond donors (Lipinski definition) is 2. The van der Waals surface area contributed by atoms with E-state index in [2.05, 4.69) is 32.8 Å². The van der Waals surface area contributed by atoms with E-state index in [1.807, 2.05) is 18.0 Å². The lowest BCUT2D eigenvalue weighted by atomic mass is 10.2. The summed E-state index contributed by atoms with van der Waals surface area (Å²) < 4.78 is 11.7. The molecule has 192 valence electrons. The van der Waals surface area contributed by atoms with Gasteiger partial charge in [0, 0.05) is 55.2 Å². The summed E-state index contributed by atoms with van der Waals surface area (Å²) in [6.07, 6.45) is 4.46. The number of methoxy groups -OCH3 is 1. The largest absolute Gasteiger partial charge is 0.481 e. The minimum Gasteiger partial charge on any atom is -0.481 e. The molecule has 0 radical (unpaired) electrons. The second-order valence-corrected chi connectivity index (χ2v) is 9.51. The number of aromatic nitrogens is 5. The van der Waals surface area contributed by atoms with E-state index in [-0.39, 0.29) is 11.6 Å². The van der Waals surface area contributed by atoms with Crippen molar-refractivity contribution in [2.24, 2.45) is 0 Å². The van der Waals surface area contributed by atoms with E-state index < -0.39 is 5.91 Å². The summed E-state index contributed by atoms with van der Waals surface area (Å²) in [4.78, 5) is 39.5. The zero-order valence-corrected chi connectivity index (χ0v) is 21.4. The van der Waals surface area contributed by atoms with E-state index in [0.717, 1.165) is 39.6 Å². The number of nitrogens with one attached hydrogen (secondary N) is 1. The molecule has 2 N–H and O–H groups in total. The average molecular weight is 523 g/mol. The van der Waals surface area contributed by atoms with Crippen LogP contribution in [0.4, 0.5) is 11.8 Å². The molecule has 5 heterocycles. The van der Waals surface area contributed by atoms with Crippen LogP contribution in [0.3, 0.4) is 0 Å². The molecule has 4 aromatic rings. The zero-order valence-electron chi connectivity index (χ0n) is 20.6. The van der Waals surface area contributed by atoms with Crippen molar-refractivity contribution in [3.05, 3.63) is 47.2 Å². The Labute approximate surface area is 216 Å². The number of anilines is 2. The van der Waals surface area contributed by atoms with Gasteiger partial charge in [-0.05, 0) is 19.1 Å². The highest BCUT2D eigenvalue weighted by Crippen LogP contribution is 2.38. The maximum absolute atomic E-state index is 11.6. The smallest absolute Gasteiger partial charge is 0.277 e. The molecule has 0 aliphatic carbocycles. The predicted molar refractivity (Wildman–Crippen MR) is 138 cm³/mol. The van der Waals surface area contributed by atoms with Crippen molar-refractivity contribution in [1.29, 1.82) is 0 Å². The monoisotopic (exact) mass is 522 g/mol. The Kier molecular flexibility index (Phi) is 7.08. The van der Waals surface area contributed by atoms with E-state index in [0.29, 0.717) is 30.9 Å². The number of nitrogens with zero attached hydrogens (tertiary/aromatic N) is 7. The first kappa shape index (κ1) is 24.7. The molecule has 1 atom stereocenters. The molecular formula is C24H26N8O4S. The Morgan fingerprint density at radius 3 is 2.59 bits per heavy atom. The SMILES string of the molecule is COc1ccc(-c2nc(N3CCOCC3)c3sc([C@@H](C)N(C)c4ncc(C(=O)NO)cn4)cc3n2)cn1. The third kappa shape index (κ3) is 5.01. The molecule has 13 heteroatoms. The fourth-order valence-corrected chi connectivity index (χ4v) is 5.15. The van der Waals surface area contributed by atoms with Gasteiger partial charge in [0.05, 0.1) is 42.1 Å². The normalized spacial score (nSPS) is 14.4. The number of amides is 1. The molecule has 0 saturated carbocycles. The number of carbonyl (C=O) groups excluding carboxylic acids is 1. The molecule has 1 saturated heterocycles. The molecule has 0 aromatic carbocycles. The summed E-state index contributed by atoms with van der Waals surface area (Å²) in [7, 11) is 3.47. The number of carbonyl (C=O) groups is 1. The number of ether oxygens (including phenoxy) is 2. The Morgan fingerprint density at radius 1 is 1.19 bits per heavy atom. The molecule has 4 aromatic heterocycles. The highest BCUT2D eigenvalue weighted by Gasteiger charge is 2.23. The number of fused-ring (bicyclic) bond motifs is 1. The summed E-state index contributed by atoms with van der Waals surface area (Å²) in [5, 5.41) is 8.81. The van der Waals surface area contributed by atoms with Gasteiger partial charge >= 0.3 is 0 Å². The third-order valence-electron chi connectivity index (χ3n) is 6.20. The maximum atomic E-state index is 11.6. The van der Waals surface area contributed by atoms with Crippen LogP contribution in [-0.4, -0.2) is 76.5 Å². The van der Waals surface area contributed by atoms with Crippen LogP contribution in [-0.2, 0) is 4.74 Å². The van der Waals surface area contributed by atoms with E-state index >= 15 is 0 Å². The lowest BCUT2D eigenvalue weighted by molar-refractivity contribution is 0.0705. The van der Waals surface area contributed by atoms with E-state index in [4.69, 9.17) is 24.6 Å². The fraction of sp³-hybridized carbons (Fsp3) is 0.333. The summed E-state index contributed by atoms with van der Waals surface area (Å²) in [6.45, 7) is 4.83. The number of morpholine rings is 1. The van der Waals surface area contributed by atoms with Gasteiger partial charge < -0.3 is 19.3 Å². The standard InChI is InChI=1S/C24H26N8O4S/c1-14(31(2)24-26-12-16(13-27-24)23(33)30-34)18-10-17-20(37-18)22(32-6-8-36-9-7-32)29-21(28-17)15-4-5-19(35-3)25-11-15/h4-5,10-14,34H,6-9H2,1-3H3,(H,30,33)/t14-/m1/s1. The Morgan fingerprint density at radius 2 is 1.95 bits per heavy atom. The van der Waals surface area contributed by atoms with Gasteiger partial charge in [0.2, 0.25) is 11.8 Å². The van der Waals surface area contributed by atoms with Crippen molar-refractivity contribution in [3.63, 3.8) is 0 Å². The van der Waals surface area contributed by atoms with Crippen LogP contribution in [0.2, 0.25) is 0 Å². The van der Waals surface area contributed by atoms with E-state index in [1.165, 1.54) is 12.4 Å². The van der Waals surface area contributed by atoms with Gasteiger partial charge in [-0.15, -0.1) is 11.3 Å². The summed E-state index contributed by atoms with van der Waals surface area (Å²) in [6, 6.07) is 5.68.